The van der Waals surface area contributed by atoms with E-state index in [4.69, 9.17) is 0 Å². The number of hydrogen-bond donors (Lipinski definition) is 1. The first-order valence-electron chi connectivity index (χ1n) is 6.69. The van der Waals surface area contributed by atoms with Crippen molar-refractivity contribution in [3.8, 4) is 0 Å². The van der Waals surface area contributed by atoms with Crippen molar-refractivity contribution in [1.82, 2.24) is 9.88 Å². The number of halogens is 1. The van der Waals surface area contributed by atoms with Crippen LogP contribution in [0.1, 0.15) is 18.4 Å². The van der Waals surface area contributed by atoms with E-state index in [9.17, 15) is 0 Å². The summed E-state index contributed by atoms with van der Waals surface area (Å²) in [7, 11) is 2.14. The van der Waals surface area contributed by atoms with Gasteiger partial charge in [0.05, 0.1) is 5.52 Å². The van der Waals surface area contributed by atoms with Crippen molar-refractivity contribution < 1.29 is 0 Å². The maximum Gasteiger partial charge on any atom is 0.0522 e. The topological polar surface area (TPSA) is 17.0 Å². The van der Waals surface area contributed by atoms with Crippen molar-refractivity contribution in [3.63, 3.8) is 0 Å². The van der Waals surface area contributed by atoms with Crippen LogP contribution < -0.4 is 5.32 Å². The van der Waals surface area contributed by atoms with E-state index in [0.717, 1.165) is 5.92 Å². The summed E-state index contributed by atoms with van der Waals surface area (Å²) in [6.45, 7) is 2.36. The molecule has 0 amide bonds. The second kappa shape index (κ2) is 5.06. The zero-order chi connectivity index (χ0) is 12.5. The molecule has 1 N–H and O–H groups in total. The lowest BCUT2D eigenvalue weighted by Gasteiger charge is -2.23. The molecule has 0 aliphatic carbocycles. The Bertz CT molecular complexity index is 553. The van der Waals surface area contributed by atoms with Gasteiger partial charge in [-0.1, -0.05) is 18.2 Å². The first kappa shape index (κ1) is 12.2. The smallest absolute Gasteiger partial charge is 0.0522 e. The molecule has 2 nitrogen and oxygen atoms in total. The van der Waals surface area contributed by atoms with Crippen molar-refractivity contribution in [2.24, 2.45) is 13.0 Å². The number of nitrogens with zero attached hydrogens (tertiary/aromatic N) is 1. The van der Waals surface area contributed by atoms with Gasteiger partial charge in [-0.3, -0.25) is 0 Å². The molecule has 2 heterocycles. The van der Waals surface area contributed by atoms with Gasteiger partial charge in [0.25, 0.3) is 0 Å². The van der Waals surface area contributed by atoms with Gasteiger partial charge in [0.2, 0.25) is 0 Å². The van der Waals surface area contributed by atoms with Crippen LogP contribution in [0.2, 0.25) is 0 Å². The van der Waals surface area contributed by atoms with E-state index in [-0.39, 0.29) is 0 Å². The highest BCUT2D eigenvalue weighted by atomic mass is 79.9. The monoisotopic (exact) mass is 306 g/mol. The summed E-state index contributed by atoms with van der Waals surface area (Å²) in [6.07, 6.45) is 5.99. The minimum Gasteiger partial charge on any atom is -0.349 e. The molecule has 18 heavy (non-hydrogen) atoms. The second-order valence-corrected chi connectivity index (χ2v) is 6.15. The molecule has 0 unspecified atom stereocenters. The Morgan fingerprint density at radius 3 is 2.89 bits per heavy atom. The third kappa shape index (κ3) is 2.21. The fourth-order valence-corrected chi connectivity index (χ4v) is 3.69. The average molecular weight is 307 g/mol. The van der Waals surface area contributed by atoms with Gasteiger partial charge in [-0.05, 0) is 59.8 Å². The fourth-order valence-electron chi connectivity index (χ4n) is 3.07. The van der Waals surface area contributed by atoms with Crippen LogP contribution in [0.4, 0.5) is 0 Å². The number of nitrogens with one attached hydrogen (secondary N) is 1. The number of aryl methyl sites for hydroxylation is 1. The van der Waals surface area contributed by atoms with Crippen LogP contribution >= 0.6 is 15.9 Å². The summed E-state index contributed by atoms with van der Waals surface area (Å²) >= 11 is 3.65. The molecule has 1 aliphatic heterocycles. The molecule has 0 bridgehead atoms. The number of hydrogen-bond acceptors (Lipinski definition) is 1. The Morgan fingerprint density at radius 1 is 1.33 bits per heavy atom. The molecular formula is C15H19BrN2. The van der Waals surface area contributed by atoms with Gasteiger partial charge >= 0.3 is 0 Å². The van der Waals surface area contributed by atoms with Crippen LogP contribution in [0.3, 0.4) is 0 Å². The first-order valence-corrected chi connectivity index (χ1v) is 7.48. The SMILES string of the molecule is Cn1cc(Br)c2cccc(CC3CCNCC3)c21. The van der Waals surface area contributed by atoms with Gasteiger partial charge in [0, 0.05) is 23.1 Å². The van der Waals surface area contributed by atoms with Gasteiger partial charge in [-0.25, -0.2) is 0 Å². The highest BCUT2D eigenvalue weighted by Crippen LogP contribution is 2.30. The predicted octanol–water partition coefficient (Wildman–Crippen LogP) is 3.48. The normalized spacial score (nSPS) is 17.4. The molecule has 1 aromatic heterocycles. The van der Waals surface area contributed by atoms with Crippen molar-refractivity contribution in [2.75, 3.05) is 13.1 Å². The van der Waals surface area contributed by atoms with Crippen molar-refractivity contribution in [2.45, 2.75) is 19.3 Å². The van der Waals surface area contributed by atoms with Crippen LogP contribution in [0, 0.1) is 5.92 Å². The van der Waals surface area contributed by atoms with Gasteiger partial charge in [0.1, 0.15) is 0 Å². The Kier molecular flexibility index (Phi) is 3.44. The molecule has 1 aromatic carbocycles. The molecular weight excluding hydrogens is 288 g/mol. The second-order valence-electron chi connectivity index (χ2n) is 5.30. The van der Waals surface area contributed by atoms with Crippen molar-refractivity contribution in [1.29, 1.82) is 0 Å². The van der Waals surface area contributed by atoms with Crippen LogP contribution in [0.5, 0.6) is 0 Å². The highest BCUT2D eigenvalue weighted by molar-refractivity contribution is 9.10. The summed E-state index contributed by atoms with van der Waals surface area (Å²) < 4.78 is 3.45. The van der Waals surface area contributed by atoms with Gasteiger partial charge in [-0.2, -0.15) is 0 Å². The standard InChI is InChI=1S/C15H19BrN2/c1-18-10-14(16)13-4-2-3-12(15(13)18)9-11-5-7-17-8-6-11/h2-4,10-11,17H,5-9H2,1H3. The summed E-state index contributed by atoms with van der Waals surface area (Å²) in [5, 5.41) is 4.78. The van der Waals surface area contributed by atoms with Crippen molar-refractivity contribution in [3.05, 3.63) is 34.4 Å². The predicted molar refractivity (Wildman–Crippen MR) is 79.9 cm³/mol. The van der Waals surface area contributed by atoms with Gasteiger partial charge < -0.3 is 9.88 Å². The summed E-state index contributed by atoms with van der Waals surface area (Å²) in [5.41, 5.74) is 2.88. The van der Waals surface area contributed by atoms with Crippen molar-refractivity contribution >= 4 is 26.8 Å². The first-order chi connectivity index (χ1) is 8.75. The Hall–Kier alpha value is -0.800. The summed E-state index contributed by atoms with van der Waals surface area (Å²) in [5.74, 6) is 0.838. The maximum atomic E-state index is 3.65. The summed E-state index contributed by atoms with van der Waals surface area (Å²) in [6, 6.07) is 6.67. The quantitative estimate of drug-likeness (QED) is 0.899. The van der Waals surface area contributed by atoms with E-state index in [1.165, 1.54) is 53.3 Å². The number of fused-ring (bicyclic) bond motifs is 1. The lowest BCUT2D eigenvalue weighted by atomic mass is 9.90. The molecule has 1 saturated heterocycles. The molecule has 3 rings (SSSR count). The minimum atomic E-state index is 0.838. The molecule has 0 saturated carbocycles. The van der Waals surface area contributed by atoms with E-state index in [1.54, 1.807) is 0 Å². The zero-order valence-electron chi connectivity index (χ0n) is 10.7. The largest absolute Gasteiger partial charge is 0.349 e. The highest BCUT2D eigenvalue weighted by Gasteiger charge is 2.16. The van der Waals surface area contributed by atoms with Crippen LogP contribution in [-0.2, 0) is 13.5 Å². The molecule has 2 aromatic rings. The van der Waals surface area contributed by atoms with E-state index in [2.05, 4.69) is 57.3 Å². The lowest BCUT2D eigenvalue weighted by Crippen LogP contribution is -2.28. The fraction of sp³-hybridized carbons (Fsp3) is 0.467. The molecule has 96 valence electrons. The average Bonchev–Trinajstić information content (AvgIpc) is 2.67. The number of para-hydroxylation sites is 1. The third-order valence-corrected chi connectivity index (χ3v) is 4.64. The molecule has 0 spiro atoms. The molecule has 0 atom stereocenters. The Balaban J connectivity index is 1.95. The maximum absolute atomic E-state index is 3.65. The number of aromatic nitrogens is 1. The number of rotatable bonds is 2. The van der Waals surface area contributed by atoms with Crippen LogP contribution in [-0.4, -0.2) is 17.7 Å². The number of piperidine rings is 1. The van der Waals surface area contributed by atoms with Crippen LogP contribution in [0.15, 0.2) is 28.9 Å². The molecule has 0 radical (unpaired) electrons. The molecule has 1 aliphatic rings. The minimum absolute atomic E-state index is 0.838. The van der Waals surface area contributed by atoms with E-state index in [0.29, 0.717) is 0 Å². The van der Waals surface area contributed by atoms with E-state index >= 15 is 0 Å². The van der Waals surface area contributed by atoms with E-state index < -0.39 is 0 Å². The van der Waals surface area contributed by atoms with Crippen LogP contribution in [0.25, 0.3) is 10.9 Å². The van der Waals surface area contributed by atoms with Gasteiger partial charge in [0.15, 0.2) is 0 Å². The Morgan fingerprint density at radius 2 is 2.11 bits per heavy atom. The molecule has 1 fully saturated rings. The van der Waals surface area contributed by atoms with Gasteiger partial charge in [-0.15, -0.1) is 0 Å². The Labute approximate surface area is 116 Å². The third-order valence-electron chi connectivity index (χ3n) is 4.00. The zero-order valence-corrected chi connectivity index (χ0v) is 12.3. The summed E-state index contributed by atoms with van der Waals surface area (Å²) in [4.78, 5) is 0. The molecule has 3 heteroatoms. The lowest BCUT2D eigenvalue weighted by molar-refractivity contribution is 0.373. The number of benzene rings is 1. The van der Waals surface area contributed by atoms with E-state index in [1.807, 2.05) is 0 Å².